The second kappa shape index (κ2) is 9.68. The van der Waals surface area contributed by atoms with Crippen LogP contribution in [0.15, 0.2) is 29.5 Å². The molecule has 0 spiro atoms. The topological polar surface area (TPSA) is 42.6 Å². The van der Waals surface area contributed by atoms with Gasteiger partial charge in [0.15, 0.2) is 17.3 Å². The predicted molar refractivity (Wildman–Crippen MR) is 96.4 cm³/mol. The van der Waals surface area contributed by atoms with Crippen molar-refractivity contribution in [3.63, 3.8) is 0 Å². The summed E-state index contributed by atoms with van der Waals surface area (Å²) < 4.78 is 0. The van der Waals surface area contributed by atoms with Crippen LogP contribution in [-0.4, -0.2) is 33.8 Å². The van der Waals surface area contributed by atoms with Crippen LogP contribution in [0.3, 0.4) is 0 Å². The predicted octanol–water partition coefficient (Wildman–Crippen LogP) is 3.35. The molecule has 2 bridgehead atoms. The van der Waals surface area contributed by atoms with Crippen LogP contribution in [0.1, 0.15) is 38.3 Å². The molecule has 0 radical (unpaired) electrons. The number of hydrogen-bond acceptors (Lipinski definition) is 2. The first-order chi connectivity index (χ1) is 11.2. The fourth-order valence-corrected chi connectivity index (χ4v) is 3.48. The van der Waals surface area contributed by atoms with E-state index >= 15 is 0 Å². The van der Waals surface area contributed by atoms with Crippen LogP contribution in [0.2, 0.25) is 0 Å². The molecule has 0 N–H and O–H groups in total. The Balaban J connectivity index is 0.000000924. The summed E-state index contributed by atoms with van der Waals surface area (Å²) in [6.45, 7) is 4.09. The summed E-state index contributed by atoms with van der Waals surface area (Å²) in [4.78, 5) is 6.58. The molecular formula is C16H22ClN4NiS. The van der Waals surface area contributed by atoms with Crippen molar-refractivity contribution in [1.29, 1.82) is 0 Å². The molecule has 129 valence electrons. The Bertz CT molecular complexity index is 518. The Hall–Kier alpha value is -0.546. The van der Waals surface area contributed by atoms with Crippen LogP contribution in [0.4, 0.5) is 0 Å². The van der Waals surface area contributed by atoms with E-state index in [1.54, 1.807) is 6.20 Å². The summed E-state index contributed by atoms with van der Waals surface area (Å²) in [6, 6.07) is 5.80. The van der Waals surface area contributed by atoms with E-state index in [0.29, 0.717) is 0 Å². The molecule has 1 aliphatic carbocycles. The van der Waals surface area contributed by atoms with Gasteiger partial charge in [-0.25, -0.2) is 4.90 Å². The fraction of sp³-hybridized carbons (Fsp3) is 0.562. The molecule has 0 amide bonds. The van der Waals surface area contributed by atoms with E-state index < -0.39 is 0 Å². The third kappa shape index (κ3) is 5.49. The molecule has 3 fully saturated rings. The van der Waals surface area contributed by atoms with Crippen molar-refractivity contribution >= 4 is 33.2 Å². The van der Waals surface area contributed by atoms with E-state index in [-0.39, 0.29) is 0 Å². The third-order valence-electron chi connectivity index (χ3n) is 4.53. The van der Waals surface area contributed by atoms with E-state index in [0.717, 1.165) is 41.4 Å². The maximum atomic E-state index is 4.57. The van der Waals surface area contributed by atoms with Gasteiger partial charge in [-0.15, -0.1) is 0 Å². The minimum absolute atomic E-state index is 0.740. The molecule has 1 aromatic rings. The second-order valence-corrected chi connectivity index (χ2v) is 6.49. The molecule has 2 aliphatic heterocycles. The Labute approximate surface area is 155 Å². The van der Waals surface area contributed by atoms with E-state index in [2.05, 4.69) is 57.4 Å². The third-order valence-corrected chi connectivity index (χ3v) is 4.90. The molecule has 0 aromatic carbocycles. The summed E-state index contributed by atoms with van der Waals surface area (Å²) in [6.07, 6.45) is 7.21. The van der Waals surface area contributed by atoms with E-state index in [1.807, 2.05) is 25.1 Å². The molecule has 3 heterocycles. The van der Waals surface area contributed by atoms with Gasteiger partial charge in [0.05, 0.1) is 5.69 Å². The minimum atomic E-state index is 0.740. The average molecular weight is 397 g/mol. The van der Waals surface area contributed by atoms with E-state index in [1.165, 1.54) is 25.7 Å². The van der Waals surface area contributed by atoms with Gasteiger partial charge in [0, 0.05) is 25.0 Å². The van der Waals surface area contributed by atoms with Crippen LogP contribution < -0.4 is 0 Å². The van der Waals surface area contributed by atoms with E-state index in [4.69, 9.17) is 0 Å². The molecule has 1 aromatic heterocycles. The molecular weight excluding hydrogens is 374 g/mol. The second-order valence-electron chi connectivity index (χ2n) is 6.09. The molecule has 4 rings (SSSR count). The SMILES string of the molecule is CC(=N[N-]C(=[SH+])N1CC2CCC(CC2)C1)c1ccccn1.[Cl][Ni]. The quantitative estimate of drug-likeness (QED) is 0.192. The molecule has 3 aliphatic rings. The number of aromatic nitrogens is 1. The first-order valence-electron chi connectivity index (χ1n) is 7.82. The standard InChI is InChI=1S/C16H22N4S.ClH.Ni/c1-12(15-4-2-3-9-17-15)18-19-16(21)20-10-13-5-6-14(11-20)8-7-13;;/h2-4,9,13-14H,5-8,10-11H2,1H3,(H,17,19,21);1H;/q;;+1/p-1. The van der Waals surface area contributed by atoms with Crippen molar-refractivity contribution in [2.45, 2.75) is 32.6 Å². The number of fused-ring (bicyclic) bond motifs is 4. The van der Waals surface area contributed by atoms with Gasteiger partial charge in [-0.1, -0.05) is 6.07 Å². The number of rotatable bonds is 2. The van der Waals surface area contributed by atoms with Crippen LogP contribution in [0.5, 0.6) is 0 Å². The number of nitrogens with zero attached hydrogens (tertiary/aromatic N) is 4. The summed E-state index contributed by atoms with van der Waals surface area (Å²) in [5.74, 6) is 1.61. The van der Waals surface area contributed by atoms with Gasteiger partial charge < -0.3 is 10.5 Å². The van der Waals surface area contributed by atoms with Gasteiger partial charge in [-0.2, -0.15) is 0 Å². The molecule has 23 heavy (non-hydrogen) atoms. The first kappa shape index (κ1) is 18.8. The first-order valence-corrected chi connectivity index (χ1v) is 9.62. The van der Waals surface area contributed by atoms with Crippen molar-refractivity contribution in [3.8, 4) is 0 Å². The Kier molecular flexibility index (Phi) is 7.90. The molecule has 7 heteroatoms. The zero-order valence-corrected chi connectivity index (χ0v) is 15.8. The van der Waals surface area contributed by atoms with Gasteiger partial charge in [-0.3, -0.25) is 4.98 Å². The normalized spacial score (nSPS) is 24.4. The maximum absolute atomic E-state index is 4.57. The zero-order valence-electron chi connectivity index (χ0n) is 13.1. The Morgan fingerprint density at radius 1 is 1.26 bits per heavy atom. The zero-order chi connectivity index (χ0) is 16.7. The Morgan fingerprint density at radius 2 is 1.87 bits per heavy atom. The van der Waals surface area contributed by atoms with Crippen LogP contribution in [-0.2, 0) is 26.8 Å². The summed E-state index contributed by atoms with van der Waals surface area (Å²) in [7, 11) is 4.26. The van der Waals surface area contributed by atoms with Crippen LogP contribution in [0, 0.1) is 11.8 Å². The van der Waals surface area contributed by atoms with Crippen molar-refractivity contribution in [1.82, 2.24) is 9.88 Å². The number of halogens is 1. The molecule has 4 nitrogen and oxygen atoms in total. The van der Waals surface area contributed by atoms with Crippen molar-refractivity contribution in [2.75, 3.05) is 13.1 Å². The molecule has 1 saturated carbocycles. The van der Waals surface area contributed by atoms with Gasteiger partial charge in [0.25, 0.3) is 0 Å². The summed E-state index contributed by atoms with van der Waals surface area (Å²) >= 11 is 7.91. The molecule has 0 unspecified atom stereocenters. The molecule has 0 atom stereocenters. The van der Waals surface area contributed by atoms with Crippen molar-refractivity contribution < 1.29 is 14.6 Å². The van der Waals surface area contributed by atoms with E-state index in [9.17, 15) is 0 Å². The van der Waals surface area contributed by atoms with Gasteiger partial charge in [0.2, 0.25) is 0 Å². The Morgan fingerprint density at radius 3 is 2.39 bits per heavy atom. The summed E-state index contributed by atoms with van der Waals surface area (Å²) in [5.41, 5.74) is 6.00. The number of hydrogen-bond donors (Lipinski definition) is 0. The fourth-order valence-electron chi connectivity index (χ4n) is 3.27. The monoisotopic (exact) mass is 395 g/mol. The van der Waals surface area contributed by atoms with Crippen LogP contribution in [0.25, 0.3) is 5.43 Å². The number of pyridine rings is 1. The van der Waals surface area contributed by atoms with Crippen LogP contribution >= 0.6 is 10.2 Å². The van der Waals surface area contributed by atoms with Gasteiger partial charge in [-0.05, 0) is 56.6 Å². The average Bonchev–Trinajstić information content (AvgIpc) is 2.96. The van der Waals surface area contributed by atoms with Gasteiger partial charge in [0.1, 0.15) is 0 Å². The van der Waals surface area contributed by atoms with Crippen molar-refractivity contribution in [2.24, 2.45) is 16.9 Å². The van der Waals surface area contributed by atoms with Gasteiger partial charge >= 0.3 is 24.8 Å². The molecule has 2 saturated heterocycles. The summed E-state index contributed by atoms with van der Waals surface area (Å²) in [5, 5.41) is 5.03. The van der Waals surface area contributed by atoms with Crippen molar-refractivity contribution in [3.05, 3.63) is 35.5 Å². The number of thiol groups is 1.